The van der Waals surface area contributed by atoms with Crippen LogP contribution in [0.15, 0.2) is 30.3 Å². The van der Waals surface area contributed by atoms with E-state index in [2.05, 4.69) is 0 Å². The molecule has 3 heteroatoms. The molecule has 0 saturated carbocycles. The molecule has 1 unspecified atom stereocenters. The van der Waals surface area contributed by atoms with Crippen LogP contribution in [0.25, 0.3) is 0 Å². The van der Waals surface area contributed by atoms with Gasteiger partial charge < -0.3 is 14.2 Å². The molecule has 0 aliphatic rings. The number of rotatable bonds is 5. The van der Waals surface area contributed by atoms with Gasteiger partial charge in [-0.3, -0.25) is 0 Å². The average molecular weight is 182 g/mol. The summed E-state index contributed by atoms with van der Waals surface area (Å²) in [5.41, 5.74) is 0. The predicted octanol–water partition coefficient (Wildman–Crippen LogP) is 2.03. The van der Waals surface area contributed by atoms with E-state index in [0.29, 0.717) is 6.61 Å². The van der Waals surface area contributed by atoms with Crippen molar-refractivity contribution in [1.29, 1.82) is 0 Å². The Morgan fingerprint density at radius 2 is 1.92 bits per heavy atom. The Morgan fingerprint density at radius 1 is 1.23 bits per heavy atom. The largest absolute Gasteiger partial charge is 0.441 e. The molecule has 0 heterocycles. The summed E-state index contributed by atoms with van der Waals surface area (Å²) in [7, 11) is 1.54. The second-order valence-corrected chi connectivity index (χ2v) is 2.41. The maximum Gasteiger partial charge on any atom is 0.315 e. The lowest BCUT2D eigenvalue weighted by Gasteiger charge is -2.16. The number of para-hydroxylation sites is 1. The van der Waals surface area contributed by atoms with Gasteiger partial charge in [-0.25, -0.2) is 0 Å². The van der Waals surface area contributed by atoms with Gasteiger partial charge in [-0.05, 0) is 19.1 Å². The van der Waals surface area contributed by atoms with Crippen LogP contribution in [-0.2, 0) is 9.47 Å². The summed E-state index contributed by atoms with van der Waals surface area (Å²) in [6.07, 6.45) is 0. The minimum Gasteiger partial charge on any atom is -0.441 e. The van der Waals surface area contributed by atoms with E-state index in [-0.39, 0.29) is 0 Å². The first-order valence-corrected chi connectivity index (χ1v) is 4.23. The molecule has 0 aliphatic carbocycles. The van der Waals surface area contributed by atoms with Crippen molar-refractivity contribution in [1.82, 2.24) is 0 Å². The van der Waals surface area contributed by atoms with Gasteiger partial charge in [-0.2, -0.15) is 0 Å². The minimum absolute atomic E-state index is 0.561. The van der Waals surface area contributed by atoms with E-state index < -0.39 is 6.48 Å². The van der Waals surface area contributed by atoms with Crippen molar-refractivity contribution in [2.75, 3.05) is 13.7 Å². The molecule has 0 aromatic heterocycles. The lowest BCUT2D eigenvalue weighted by Crippen LogP contribution is -2.22. The van der Waals surface area contributed by atoms with E-state index >= 15 is 0 Å². The fourth-order valence-corrected chi connectivity index (χ4v) is 0.896. The molecule has 0 N–H and O–H groups in total. The molecule has 1 aromatic rings. The van der Waals surface area contributed by atoms with Crippen molar-refractivity contribution in [3.63, 3.8) is 0 Å². The molecule has 0 fully saturated rings. The average Bonchev–Trinajstić information content (AvgIpc) is 2.19. The molecule has 0 saturated heterocycles. The Labute approximate surface area is 78.2 Å². The van der Waals surface area contributed by atoms with E-state index in [0.717, 1.165) is 5.75 Å². The van der Waals surface area contributed by atoms with Crippen molar-refractivity contribution in [2.45, 2.75) is 13.4 Å². The van der Waals surface area contributed by atoms with E-state index in [1.54, 1.807) is 7.11 Å². The Hall–Kier alpha value is -1.06. The Balaban J connectivity index is 2.46. The molecular weight excluding hydrogens is 168 g/mol. The fraction of sp³-hybridized carbons (Fsp3) is 0.400. The topological polar surface area (TPSA) is 27.7 Å². The van der Waals surface area contributed by atoms with Crippen LogP contribution in [0.3, 0.4) is 0 Å². The third kappa shape index (κ3) is 3.44. The lowest BCUT2D eigenvalue weighted by atomic mass is 10.3. The Kier molecular flexibility index (Phi) is 4.29. The van der Waals surface area contributed by atoms with Gasteiger partial charge in [0, 0.05) is 7.11 Å². The van der Waals surface area contributed by atoms with Crippen LogP contribution in [-0.4, -0.2) is 20.2 Å². The van der Waals surface area contributed by atoms with E-state index in [1.165, 1.54) is 0 Å². The monoisotopic (exact) mass is 182 g/mol. The van der Waals surface area contributed by atoms with Gasteiger partial charge in [0.2, 0.25) is 0 Å². The van der Waals surface area contributed by atoms with Crippen LogP contribution in [0.1, 0.15) is 6.92 Å². The van der Waals surface area contributed by atoms with Crippen molar-refractivity contribution >= 4 is 0 Å². The maximum atomic E-state index is 5.36. The first-order valence-electron chi connectivity index (χ1n) is 4.23. The zero-order chi connectivity index (χ0) is 9.52. The molecule has 72 valence electrons. The minimum atomic E-state index is -0.618. The zero-order valence-corrected chi connectivity index (χ0v) is 7.90. The summed E-state index contributed by atoms with van der Waals surface area (Å²) in [6, 6.07) is 9.42. The van der Waals surface area contributed by atoms with Crippen LogP contribution in [0.5, 0.6) is 5.75 Å². The van der Waals surface area contributed by atoms with Crippen LogP contribution >= 0.6 is 0 Å². The number of methoxy groups -OCH3 is 1. The fourth-order valence-electron chi connectivity index (χ4n) is 0.896. The van der Waals surface area contributed by atoms with Gasteiger partial charge in [0.05, 0.1) is 6.61 Å². The molecule has 1 rings (SSSR count). The first kappa shape index (κ1) is 10.0. The van der Waals surface area contributed by atoms with Gasteiger partial charge in [-0.1, -0.05) is 18.2 Å². The van der Waals surface area contributed by atoms with Crippen LogP contribution in [0.4, 0.5) is 0 Å². The Morgan fingerprint density at radius 3 is 2.46 bits per heavy atom. The molecule has 0 spiro atoms. The molecule has 0 aliphatic heterocycles. The lowest BCUT2D eigenvalue weighted by molar-refractivity contribution is -0.231. The van der Waals surface area contributed by atoms with Crippen molar-refractivity contribution in [3.8, 4) is 5.75 Å². The van der Waals surface area contributed by atoms with Crippen LogP contribution in [0, 0.1) is 0 Å². The standard InChI is InChI=1S/C10H14O3/c1-3-12-10(11-2)13-9-7-5-4-6-8-9/h4-8,10H,3H2,1-2H3. The van der Waals surface area contributed by atoms with Gasteiger partial charge in [0.15, 0.2) is 0 Å². The highest BCUT2D eigenvalue weighted by atomic mass is 16.8. The number of benzene rings is 1. The molecule has 0 amide bonds. The third-order valence-electron chi connectivity index (χ3n) is 1.47. The van der Waals surface area contributed by atoms with Gasteiger partial charge in [-0.15, -0.1) is 0 Å². The summed E-state index contributed by atoms with van der Waals surface area (Å²) in [5.74, 6) is 0.739. The molecule has 1 atom stereocenters. The van der Waals surface area contributed by atoms with Gasteiger partial charge in [0.1, 0.15) is 5.75 Å². The summed E-state index contributed by atoms with van der Waals surface area (Å²) < 4.78 is 15.5. The highest BCUT2D eigenvalue weighted by Crippen LogP contribution is 2.11. The first-order chi connectivity index (χ1) is 6.36. The second-order valence-electron chi connectivity index (χ2n) is 2.41. The highest BCUT2D eigenvalue weighted by molar-refractivity contribution is 5.20. The van der Waals surface area contributed by atoms with Crippen LogP contribution in [0.2, 0.25) is 0 Å². The third-order valence-corrected chi connectivity index (χ3v) is 1.47. The quantitative estimate of drug-likeness (QED) is 0.652. The zero-order valence-electron chi connectivity index (χ0n) is 7.90. The smallest absolute Gasteiger partial charge is 0.315 e. The van der Waals surface area contributed by atoms with Crippen molar-refractivity contribution in [2.24, 2.45) is 0 Å². The Bertz CT molecular complexity index is 223. The maximum absolute atomic E-state index is 5.36. The highest BCUT2D eigenvalue weighted by Gasteiger charge is 2.06. The van der Waals surface area contributed by atoms with Crippen molar-refractivity contribution < 1.29 is 14.2 Å². The molecular formula is C10H14O3. The molecule has 13 heavy (non-hydrogen) atoms. The number of hydrogen-bond donors (Lipinski definition) is 0. The SMILES string of the molecule is CCOC(OC)Oc1ccccc1. The summed E-state index contributed by atoms with van der Waals surface area (Å²) in [4.78, 5) is 0. The van der Waals surface area contributed by atoms with E-state index in [4.69, 9.17) is 14.2 Å². The van der Waals surface area contributed by atoms with Crippen molar-refractivity contribution in [3.05, 3.63) is 30.3 Å². The van der Waals surface area contributed by atoms with Gasteiger partial charge >= 0.3 is 6.48 Å². The van der Waals surface area contributed by atoms with E-state index in [9.17, 15) is 0 Å². The molecule has 0 radical (unpaired) electrons. The summed E-state index contributed by atoms with van der Waals surface area (Å²) in [5, 5.41) is 0. The molecule has 1 aromatic carbocycles. The normalized spacial score (nSPS) is 12.5. The molecule has 3 nitrogen and oxygen atoms in total. The molecule has 0 bridgehead atoms. The predicted molar refractivity (Wildman–Crippen MR) is 49.5 cm³/mol. The van der Waals surface area contributed by atoms with E-state index in [1.807, 2.05) is 37.3 Å². The second kappa shape index (κ2) is 5.56. The summed E-state index contributed by atoms with van der Waals surface area (Å²) in [6.45, 7) is 1.83. The summed E-state index contributed by atoms with van der Waals surface area (Å²) >= 11 is 0. The van der Waals surface area contributed by atoms with Crippen LogP contribution < -0.4 is 4.74 Å². The van der Waals surface area contributed by atoms with Gasteiger partial charge in [0.25, 0.3) is 0 Å². The number of ether oxygens (including phenoxy) is 3. The number of hydrogen-bond acceptors (Lipinski definition) is 3.